The van der Waals surface area contributed by atoms with Gasteiger partial charge in [-0.15, -0.1) is 11.6 Å². The normalized spacial score (nSPS) is 13.9. The van der Waals surface area contributed by atoms with Gasteiger partial charge >= 0.3 is 5.97 Å². The number of aliphatic hydroxyl groups is 1. The van der Waals surface area contributed by atoms with Crippen molar-refractivity contribution in [3.63, 3.8) is 0 Å². The molecule has 0 fully saturated rings. The third kappa shape index (κ3) is 13.1. The number of halogens is 1. The molecular weight excluding hydrogens is 288 g/mol. The molecule has 0 bridgehead atoms. The van der Waals surface area contributed by atoms with E-state index in [1.165, 1.54) is 26.4 Å². The van der Waals surface area contributed by atoms with Crippen molar-refractivity contribution in [1.29, 1.82) is 0 Å². The third-order valence-corrected chi connectivity index (χ3v) is 4.37. The molecule has 0 heterocycles. The molecule has 3 nitrogen and oxygen atoms in total. The van der Waals surface area contributed by atoms with Gasteiger partial charge in [0.2, 0.25) is 0 Å². The molecule has 2 atom stereocenters. The average molecular weight is 321 g/mol. The molecule has 126 valence electrons. The lowest BCUT2D eigenvalue weighted by Crippen LogP contribution is -2.20. The van der Waals surface area contributed by atoms with Gasteiger partial charge in [0.15, 0.2) is 0 Å². The third-order valence-electron chi connectivity index (χ3n) is 3.86. The van der Waals surface area contributed by atoms with Crippen molar-refractivity contribution >= 4 is 17.6 Å². The molecule has 0 aliphatic carbocycles. The number of esters is 1. The Kier molecular flexibility index (Phi) is 14.5. The Bertz CT molecular complexity index is 246. The lowest BCUT2D eigenvalue weighted by molar-refractivity contribution is -0.140. The predicted octanol–water partition coefficient (Wildman–Crippen LogP) is 4.83. The number of unbranched alkanes of at least 4 members (excludes halogenated alkanes) is 7. The van der Waals surface area contributed by atoms with Crippen molar-refractivity contribution in [3.05, 3.63) is 0 Å². The van der Waals surface area contributed by atoms with Crippen LogP contribution in [0.3, 0.4) is 0 Å². The zero-order valence-electron chi connectivity index (χ0n) is 13.8. The highest BCUT2D eigenvalue weighted by Crippen LogP contribution is 2.18. The van der Waals surface area contributed by atoms with E-state index in [0.717, 1.165) is 51.4 Å². The van der Waals surface area contributed by atoms with E-state index < -0.39 is 0 Å². The summed E-state index contributed by atoms with van der Waals surface area (Å²) < 4.78 is 4.60. The van der Waals surface area contributed by atoms with E-state index in [1.54, 1.807) is 0 Å². The SMILES string of the molecule is CCCCCC[C@H](O)[C@H](Cl)CCCCCCCC(=O)OC. The summed E-state index contributed by atoms with van der Waals surface area (Å²) in [6.45, 7) is 2.19. The molecule has 0 rings (SSSR count). The first-order chi connectivity index (χ1) is 10.1. The summed E-state index contributed by atoms with van der Waals surface area (Å²) in [7, 11) is 1.43. The van der Waals surface area contributed by atoms with Crippen molar-refractivity contribution in [2.24, 2.45) is 0 Å². The van der Waals surface area contributed by atoms with E-state index in [2.05, 4.69) is 11.7 Å². The Morgan fingerprint density at radius 1 is 1.00 bits per heavy atom. The second-order valence-corrected chi connectivity index (χ2v) is 6.38. The van der Waals surface area contributed by atoms with E-state index in [-0.39, 0.29) is 17.5 Å². The van der Waals surface area contributed by atoms with Crippen molar-refractivity contribution in [2.75, 3.05) is 7.11 Å². The van der Waals surface area contributed by atoms with E-state index in [1.807, 2.05) is 0 Å². The summed E-state index contributed by atoms with van der Waals surface area (Å²) in [4.78, 5) is 10.9. The molecule has 0 spiro atoms. The van der Waals surface area contributed by atoms with Gasteiger partial charge in [0.25, 0.3) is 0 Å². The van der Waals surface area contributed by atoms with E-state index in [4.69, 9.17) is 11.6 Å². The summed E-state index contributed by atoms with van der Waals surface area (Å²) in [5.74, 6) is -0.123. The molecule has 4 heteroatoms. The number of rotatable bonds is 14. The van der Waals surface area contributed by atoms with Crippen LogP contribution in [0.25, 0.3) is 0 Å². The Labute approximate surface area is 135 Å². The standard InChI is InChI=1S/C17H33ClO3/c1-3-4-5-10-13-16(19)15(18)12-9-7-6-8-11-14-17(20)21-2/h15-16,19H,3-14H2,1-2H3/t15-,16+/m1/s1. The fraction of sp³-hybridized carbons (Fsp3) is 0.941. The monoisotopic (exact) mass is 320 g/mol. The Balaban J connectivity index is 3.39. The number of aliphatic hydroxyl groups excluding tert-OH is 1. The average Bonchev–Trinajstić information content (AvgIpc) is 2.49. The number of carbonyl (C=O) groups is 1. The van der Waals surface area contributed by atoms with Crippen LogP contribution in [0.1, 0.15) is 84.0 Å². The number of hydrogen-bond donors (Lipinski definition) is 1. The second kappa shape index (κ2) is 14.6. The highest BCUT2D eigenvalue weighted by Gasteiger charge is 2.15. The van der Waals surface area contributed by atoms with E-state index in [0.29, 0.717) is 6.42 Å². The fourth-order valence-electron chi connectivity index (χ4n) is 2.39. The van der Waals surface area contributed by atoms with Crippen molar-refractivity contribution in [1.82, 2.24) is 0 Å². The lowest BCUT2D eigenvalue weighted by Gasteiger charge is -2.16. The number of hydrogen-bond acceptors (Lipinski definition) is 3. The molecule has 21 heavy (non-hydrogen) atoms. The van der Waals surface area contributed by atoms with Crippen LogP contribution in [0.15, 0.2) is 0 Å². The van der Waals surface area contributed by atoms with Gasteiger partial charge < -0.3 is 9.84 Å². The van der Waals surface area contributed by atoms with Crippen LogP contribution < -0.4 is 0 Å². The zero-order chi connectivity index (χ0) is 15.9. The number of methoxy groups -OCH3 is 1. The largest absolute Gasteiger partial charge is 0.469 e. The van der Waals surface area contributed by atoms with Gasteiger partial charge in [-0.1, -0.05) is 58.3 Å². The van der Waals surface area contributed by atoms with Gasteiger partial charge in [-0.3, -0.25) is 4.79 Å². The van der Waals surface area contributed by atoms with Crippen LogP contribution >= 0.6 is 11.6 Å². The predicted molar refractivity (Wildman–Crippen MR) is 88.7 cm³/mol. The van der Waals surface area contributed by atoms with Gasteiger partial charge in [-0.25, -0.2) is 0 Å². The van der Waals surface area contributed by atoms with Crippen molar-refractivity contribution < 1.29 is 14.6 Å². The first kappa shape index (κ1) is 20.7. The van der Waals surface area contributed by atoms with Crippen LogP contribution in [0, 0.1) is 0 Å². The maximum atomic E-state index is 10.9. The molecule has 0 aromatic heterocycles. The molecule has 0 saturated carbocycles. The summed E-state index contributed by atoms with van der Waals surface area (Å²) in [6, 6.07) is 0. The van der Waals surface area contributed by atoms with Crippen molar-refractivity contribution in [2.45, 2.75) is 95.5 Å². The molecule has 0 aromatic carbocycles. The quantitative estimate of drug-likeness (QED) is 0.283. The van der Waals surface area contributed by atoms with Crippen LogP contribution in [-0.2, 0) is 9.53 Å². The van der Waals surface area contributed by atoms with Crippen LogP contribution in [0.2, 0.25) is 0 Å². The number of ether oxygens (including phenoxy) is 1. The summed E-state index contributed by atoms with van der Waals surface area (Å²) >= 11 is 6.23. The van der Waals surface area contributed by atoms with Crippen LogP contribution in [0.4, 0.5) is 0 Å². The first-order valence-corrected chi connectivity index (χ1v) is 8.94. The minimum absolute atomic E-state index is 0.110. The van der Waals surface area contributed by atoms with Gasteiger partial charge in [0.1, 0.15) is 0 Å². The smallest absolute Gasteiger partial charge is 0.305 e. The minimum Gasteiger partial charge on any atom is -0.469 e. The molecule has 0 aliphatic rings. The highest BCUT2D eigenvalue weighted by atomic mass is 35.5. The van der Waals surface area contributed by atoms with Gasteiger partial charge in [-0.05, 0) is 19.3 Å². The maximum absolute atomic E-state index is 10.9. The second-order valence-electron chi connectivity index (χ2n) is 5.82. The fourth-order valence-corrected chi connectivity index (χ4v) is 2.67. The Morgan fingerprint density at radius 3 is 2.24 bits per heavy atom. The molecule has 0 amide bonds. The molecular formula is C17H33ClO3. The molecule has 0 saturated heterocycles. The summed E-state index contributed by atoms with van der Waals surface area (Å²) in [5, 5.41) is 9.85. The molecule has 0 aliphatic heterocycles. The Hall–Kier alpha value is -0.280. The first-order valence-electron chi connectivity index (χ1n) is 8.50. The van der Waals surface area contributed by atoms with Gasteiger partial charge in [0.05, 0.1) is 18.6 Å². The Morgan fingerprint density at radius 2 is 1.57 bits per heavy atom. The molecule has 0 unspecified atom stereocenters. The lowest BCUT2D eigenvalue weighted by atomic mass is 10.0. The van der Waals surface area contributed by atoms with Crippen LogP contribution in [-0.4, -0.2) is 29.7 Å². The van der Waals surface area contributed by atoms with E-state index >= 15 is 0 Å². The summed E-state index contributed by atoms with van der Waals surface area (Å²) in [6.07, 6.45) is 11.8. The number of carbonyl (C=O) groups excluding carboxylic acids is 1. The van der Waals surface area contributed by atoms with Crippen molar-refractivity contribution in [3.8, 4) is 0 Å². The van der Waals surface area contributed by atoms with Gasteiger partial charge in [0, 0.05) is 6.42 Å². The number of alkyl halides is 1. The molecule has 0 aromatic rings. The molecule has 0 radical (unpaired) electrons. The maximum Gasteiger partial charge on any atom is 0.305 e. The van der Waals surface area contributed by atoms with E-state index in [9.17, 15) is 9.90 Å². The molecule has 1 N–H and O–H groups in total. The van der Waals surface area contributed by atoms with Gasteiger partial charge in [-0.2, -0.15) is 0 Å². The topological polar surface area (TPSA) is 46.5 Å². The minimum atomic E-state index is -0.358. The highest BCUT2D eigenvalue weighted by molar-refractivity contribution is 6.21. The zero-order valence-corrected chi connectivity index (χ0v) is 14.5. The summed E-state index contributed by atoms with van der Waals surface area (Å²) in [5.41, 5.74) is 0. The van der Waals surface area contributed by atoms with Crippen LogP contribution in [0.5, 0.6) is 0 Å².